The number of hydrogen-bond donors (Lipinski definition) is 2. The Bertz CT molecular complexity index is 456. The number of amides is 1. The van der Waals surface area contributed by atoms with E-state index in [1.54, 1.807) is 13.8 Å². The van der Waals surface area contributed by atoms with E-state index in [2.05, 4.69) is 10.3 Å². The Hall–Kier alpha value is -1.43. The molecule has 1 atom stereocenters. The molecule has 0 radical (unpaired) electrons. The number of thiazole rings is 1. The number of carbonyl (C=O) groups is 2. The number of aromatic nitrogens is 1. The van der Waals surface area contributed by atoms with Crippen molar-refractivity contribution in [2.45, 2.75) is 39.7 Å². The van der Waals surface area contributed by atoms with Crippen molar-refractivity contribution in [2.75, 3.05) is 0 Å². The van der Waals surface area contributed by atoms with Crippen LogP contribution in [0.3, 0.4) is 0 Å². The van der Waals surface area contributed by atoms with Crippen LogP contribution in [0.5, 0.6) is 0 Å². The molecule has 1 rings (SSSR count). The monoisotopic (exact) mass is 256 g/mol. The average Bonchev–Trinajstić information content (AvgIpc) is 2.57. The Balaban J connectivity index is 2.93. The van der Waals surface area contributed by atoms with E-state index >= 15 is 0 Å². The Morgan fingerprint density at radius 1 is 1.47 bits per heavy atom. The molecule has 5 nitrogen and oxygen atoms in total. The number of carboxylic acids is 1. The minimum absolute atomic E-state index is 0.324. The van der Waals surface area contributed by atoms with Crippen LogP contribution in [-0.2, 0) is 4.79 Å². The highest BCUT2D eigenvalue weighted by atomic mass is 32.1. The van der Waals surface area contributed by atoms with Crippen LogP contribution >= 0.6 is 11.3 Å². The van der Waals surface area contributed by atoms with Crippen LogP contribution in [0.4, 0.5) is 0 Å². The van der Waals surface area contributed by atoms with Crippen molar-refractivity contribution in [1.82, 2.24) is 10.3 Å². The van der Waals surface area contributed by atoms with Crippen LogP contribution in [0.1, 0.15) is 40.6 Å². The van der Waals surface area contributed by atoms with Crippen molar-refractivity contribution in [3.8, 4) is 0 Å². The zero-order chi connectivity index (χ0) is 13.2. The molecule has 2 N–H and O–H groups in total. The number of aryl methyl sites for hydroxylation is 2. The minimum atomic E-state index is -1.23. The van der Waals surface area contributed by atoms with Gasteiger partial charge in [0.25, 0.3) is 5.91 Å². The van der Waals surface area contributed by atoms with Crippen LogP contribution < -0.4 is 5.32 Å². The highest BCUT2D eigenvalue weighted by Crippen LogP contribution is 2.19. The van der Waals surface area contributed by atoms with E-state index in [1.807, 2.05) is 6.92 Å². The molecule has 0 fully saturated rings. The molecule has 1 aromatic heterocycles. The summed E-state index contributed by atoms with van der Waals surface area (Å²) in [5, 5.41) is 12.4. The van der Waals surface area contributed by atoms with Gasteiger partial charge in [0, 0.05) is 0 Å². The lowest BCUT2D eigenvalue weighted by Gasteiger charge is -2.24. The average molecular weight is 256 g/mol. The molecule has 6 heteroatoms. The molecule has 1 unspecified atom stereocenters. The fourth-order valence-electron chi connectivity index (χ4n) is 1.34. The normalized spacial score (nSPS) is 14.1. The van der Waals surface area contributed by atoms with Crippen LogP contribution in [0.15, 0.2) is 0 Å². The maximum atomic E-state index is 12.0. The summed E-state index contributed by atoms with van der Waals surface area (Å²) in [6, 6.07) is 0. The molecule has 1 amide bonds. The van der Waals surface area contributed by atoms with E-state index in [9.17, 15) is 9.59 Å². The molecule has 0 saturated carbocycles. The van der Waals surface area contributed by atoms with E-state index < -0.39 is 11.5 Å². The van der Waals surface area contributed by atoms with Gasteiger partial charge in [-0.25, -0.2) is 9.78 Å². The fraction of sp³-hybridized carbons (Fsp3) is 0.545. The molecular weight excluding hydrogens is 240 g/mol. The first kappa shape index (κ1) is 13.6. The van der Waals surface area contributed by atoms with Gasteiger partial charge in [-0.15, -0.1) is 11.3 Å². The number of aliphatic carboxylic acids is 1. The summed E-state index contributed by atoms with van der Waals surface area (Å²) in [5.41, 5.74) is -0.602. The zero-order valence-corrected chi connectivity index (χ0v) is 11.1. The second kappa shape index (κ2) is 4.83. The molecular formula is C11H16N2O3S. The van der Waals surface area contributed by atoms with Gasteiger partial charge in [0.1, 0.15) is 10.4 Å². The van der Waals surface area contributed by atoms with E-state index in [0.717, 1.165) is 5.01 Å². The van der Waals surface area contributed by atoms with Gasteiger partial charge in [-0.05, 0) is 27.2 Å². The van der Waals surface area contributed by atoms with Crippen molar-refractivity contribution in [3.63, 3.8) is 0 Å². The van der Waals surface area contributed by atoms with Gasteiger partial charge < -0.3 is 10.4 Å². The van der Waals surface area contributed by atoms with Gasteiger partial charge in [-0.3, -0.25) is 4.79 Å². The van der Waals surface area contributed by atoms with E-state index in [4.69, 9.17) is 5.11 Å². The molecule has 0 spiro atoms. The Morgan fingerprint density at radius 2 is 2.06 bits per heavy atom. The van der Waals surface area contributed by atoms with Crippen LogP contribution in [-0.4, -0.2) is 27.5 Å². The summed E-state index contributed by atoms with van der Waals surface area (Å²) in [7, 11) is 0. The predicted molar refractivity (Wildman–Crippen MR) is 65.4 cm³/mol. The van der Waals surface area contributed by atoms with Crippen LogP contribution in [0.2, 0.25) is 0 Å². The number of nitrogens with one attached hydrogen (secondary N) is 1. The highest BCUT2D eigenvalue weighted by molar-refractivity contribution is 7.13. The van der Waals surface area contributed by atoms with Gasteiger partial charge in [-0.2, -0.15) is 0 Å². The number of carboxylic acid groups (broad SMARTS) is 1. The molecule has 0 aliphatic carbocycles. The predicted octanol–water partition coefficient (Wildman–Crippen LogP) is 1.74. The van der Waals surface area contributed by atoms with E-state index in [-0.39, 0.29) is 5.91 Å². The van der Waals surface area contributed by atoms with E-state index in [0.29, 0.717) is 17.0 Å². The lowest BCUT2D eigenvalue weighted by Crippen LogP contribution is -2.51. The fourth-order valence-corrected chi connectivity index (χ4v) is 2.16. The number of nitrogens with zero attached hydrogens (tertiary/aromatic N) is 1. The third kappa shape index (κ3) is 2.82. The molecule has 17 heavy (non-hydrogen) atoms. The van der Waals surface area contributed by atoms with Gasteiger partial charge in [0.05, 0.1) is 10.7 Å². The van der Waals surface area contributed by atoms with Crippen molar-refractivity contribution < 1.29 is 14.7 Å². The molecule has 1 aromatic rings. The Kier molecular flexibility index (Phi) is 3.87. The first-order chi connectivity index (χ1) is 7.80. The number of rotatable bonds is 4. The highest BCUT2D eigenvalue weighted by Gasteiger charge is 2.33. The summed E-state index contributed by atoms with van der Waals surface area (Å²) < 4.78 is 0. The first-order valence-electron chi connectivity index (χ1n) is 5.30. The summed E-state index contributed by atoms with van der Waals surface area (Å²) in [4.78, 5) is 27.7. The minimum Gasteiger partial charge on any atom is -0.480 e. The third-order valence-corrected chi connectivity index (χ3v) is 3.75. The Morgan fingerprint density at radius 3 is 2.41 bits per heavy atom. The van der Waals surface area contributed by atoms with Crippen molar-refractivity contribution in [3.05, 3.63) is 15.6 Å². The number of carbonyl (C=O) groups excluding carboxylic acids is 1. The zero-order valence-electron chi connectivity index (χ0n) is 10.3. The largest absolute Gasteiger partial charge is 0.480 e. The molecule has 0 bridgehead atoms. The number of hydrogen-bond acceptors (Lipinski definition) is 4. The molecule has 0 saturated heterocycles. The maximum Gasteiger partial charge on any atom is 0.329 e. The van der Waals surface area contributed by atoms with E-state index in [1.165, 1.54) is 18.3 Å². The molecule has 0 aromatic carbocycles. The summed E-state index contributed by atoms with van der Waals surface area (Å²) in [5.74, 6) is -1.41. The summed E-state index contributed by atoms with van der Waals surface area (Å²) in [6.45, 7) is 6.77. The Labute approximate surface area is 104 Å². The second-order valence-corrected chi connectivity index (χ2v) is 5.30. The van der Waals surface area contributed by atoms with Crippen LogP contribution in [0, 0.1) is 13.8 Å². The van der Waals surface area contributed by atoms with Crippen molar-refractivity contribution >= 4 is 23.2 Å². The summed E-state index contributed by atoms with van der Waals surface area (Å²) >= 11 is 1.27. The second-order valence-electron chi connectivity index (χ2n) is 4.09. The maximum absolute atomic E-state index is 12.0. The quantitative estimate of drug-likeness (QED) is 0.860. The molecule has 0 aliphatic rings. The van der Waals surface area contributed by atoms with Gasteiger partial charge in [-0.1, -0.05) is 6.92 Å². The topological polar surface area (TPSA) is 79.3 Å². The van der Waals surface area contributed by atoms with Crippen molar-refractivity contribution in [1.29, 1.82) is 0 Å². The lowest BCUT2D eigenvalue weighted by atomic mass is 9.99. The molecule has 1 heterocycles. The molecule has 94 valence electrons. The van der Waals surface area contributed by atoms with Gasteiger partial charge >= 0.3 is 5.97 Å². The SMILES string of the molecule is CCC(C)(NC(=O)c1sc(C)nc1C)C(=O)O. The third-order valence-electron chi connectivity index (χ3n) is 2.68. The smallest absolute Gasteiger partial charge is 0.329 e. The molecule has 0 aliphatic heterocycles. The van der Waals surface area contributed by atoms with Gasteiger partial charge in [0.15, 0.2) is 0 Å². The lowest BCUT2D eigenvalue weighted by molar-refractivity contribution is -0.143. The van der Waals surface area contributed by atoms with Gasteiger partial charge in [0.2, 0.25) is 0 Å². The van der Waals surface area contributed by atoms with Crippen LogP contribution in [0.25, 0.3) is 0 Å². The summed E-state index contributed by atoms with van der Waals surface area (Å²) in [6.07, 6.45) is 0.324. The first-order valence-corrected chi connectivity index (χ1v) is 6.11. The van der Waals surface area contributed by atoms with Crippen molar-refractivity contribution in [2.24, 2.45) is 0 Å². The standard InChI is InChI=1S/C11H16N2O3S/c1-5-11(4,10(15)16)13-9(14)8-6(2)12-7(3)17-8/h5H2,1-4H3,(H,13,14)(H,15,16).